The Bertz CT molecular complexity index is 1560. The van der Waals surface area contributed by atoms with E-state index in [0.717, 1.165) is 5.56 Å². The second-order valence-corrected chi connectivity index (χ2v) is 12.2. The minimum atomic E-state index is -3.88. The third kappa shape index (κ3) is 6.38. The summed E-state index contributed by atoms with van der Waals surface area (Å²) in [4.78, 5) is 27.6. The first-order valence-corrected chi connectivity index (χ1v) is 14.5. The van der Waals surface area contributed by atoms with Crippen molar-refractivity contribution < 1.29 is 27.2 Å². The molecule has 210 valence electrons. The van der Waals surface area contributed by atoms with Crippen molar-refractivity contribution in [1.29, 1.82) is 0 Å². The molecule has 4 rings (SSSR count). The molecule has 0 atom stereocenters. The number of ether oxygens (including phenoxy) is 1. The van der Waals surface area contributed by atoms with E-state index in [4.69, 9.17) is 20.8 Å². The van der Waals surface area contributed by atoms with E-state index in [1.165, 1.54) is 17.5 Å². The second kappa shape index (κ2) is 12.2. The monoisotopic (exact) mass is 582 g/mol. The van der Waals surface area contributed by atoms with Crippen LogP contribution in [0.25, 0.3) is 6.08 Å². The van der Waals surface area contributed by atoms with Gasteiger partial charge in [-0.3, -0.25) is 4.79 Å². The van der Waals surface area contributed by atoms with Crippen LogP contribution in [0.5, 0.6) is 0 Å². The molecule has 0 saturated heterocycles. The van der Waals surface area contributed by atoms with Crippen molar-refractivity contribution in [2.75, 3.05) is 13.7 Å². The molecule has 0 radical (unpaired) electrons. The van der Waals surface area contributed by atoms with Crippen LogP contribution in [0, 0.1) is 5.92 Å². The predicted molar refractivity (Wildman–Crippen MR) is 152 cm³/mol. The van der Waals surface area contributed by atoms with Gasteiger partial charge in [-0.1, -0.05) is 55.8 Å². The number of benzene rings is 2. The number of hydrogen-bond donors (Lipinski definition) is 0. The Morgan fingerprint density at radius 3 is 2.35 bits per heavy atom. The van der Waals surface area contributed by atoms with E-state index in [9.17, 15) is 18.0 Å². The molecule has 0 N–H and O–H groups in total. The lowest BCUT2D eigenvalue weighted by Gasteiger charge is -2.21. The third-order valence-electron chi connectivity index (χ3n) is 6.40. The Morgan fingerprint density at radius 1 is 1.05 bits per heavy atom. The molecule has 40 heavy (non-hydrogen) atoms. The van der Waals surface area contributed by atoms with Gasteiger partial charge < -0.3 is 14.1 Å². The number of hydrogen-bond acceptors (Lipinski definition) is 6. The molecule has 1 amide bonds. The third-order valence-corrected chi connectivity index (χ3v) is 8.46. The molecular formula is C30H31ClN2O6S. The maximum Gasteiger partial charge on any atom is 0.340 e. The zero-order valence-corrected chi connectivity index (χ0v) is 24.3. The summed E-state index contributed by atoms with van der Waals surface area (Å²) in [5, 5.41) is 0.550. The number of amides is 1. The summed E-state index contributed by atoms with van der Waals surface area (Å²) in [5.74, 6) is -0.0722. The minimum absolute atomic E-state index is 0.0603. The first-order valence-electron chi connectivity index (χ1n) is 12.7. The van der Waals surface area contributed by atoms with Crippen LogP contribution >= 0.6 is 11.6 Å². The lowest BCUT2D eigenvalue weighted by Crippen LogP contribution is -2.30. The highest BCUT2D eigenvalue weighted by Gasteiger charge is 2.37. The number of halogens is 1. The van der Waals surface area contributed by atoms with Crippen LogP contribution < -0.4 is 0 Å². The molecule has 0 bridgehead atoms. The lowest BCUT2D eigenvalue weighted by atomic mass is 10.1. The molecule has 1 aromatic heterocycles. The summed E-state index contributed by atoms with van der Waals surface area (Å²) in [6.07, 6.45) is 1.50. The highest BCUT2D eigenvalue weighted by Crippen LogP contribution is 2.33. The number of nitrogens with zero attached hydrogens (tertiary/aromatic N) is 2. The fourth-order valence-corrected chi connectivity index (χ4v) is 5.99. The largest absolute Gasteiger partial charge is 0.465 e. The summed E-state index contributed by atoms with van der Waals surface area (Å²) in [6.45, 7) is 6.15. The maximum absolute atomic E-state index is 13.6. The highest BCUT2D eigenvalue weighted by molar-refractivity contribution is 7.89. The van der Waals surface area contributed by atoms with Gasteiger partial charge in [0, 0.05) is 23.8 Å². The van der Waals surface area contributed by atoms with Gasteiger partial charge in [-0.15, -0.1) is 0 Å². The van der Waals surface area contributed by atoms with Crippen molar-refractivity contribution >= 4 is 39.6 Å². The molecule has 0 saturated carbocycles. The first-order chi connectivity index (χ1) is 19.0. The zero-order chi connectivity index (χ0) is 29.0. The van der Waals surface area contributed by atoms with Crippen molar-refractivity contribution in [3.05, 3.63) is 106 Å². The Morgan fingerprint density at radius 2 is 1.73 bits per heavy atom. The topological polar surface area (TPSA) is 97.1 Å². The first kappa shape index (κ1) is 29.3. The van der Waals surface area contributed by atoms with E-state index in [1.807, 2.05) is 13.8 Å². The van der Waals surface area contributed by atoms with Crippen molar-refractivity contribution in [2.45, 2.75) is 38.8 Å². The minimum Gasteiger partial charge on any atom is -0.465 e. The van der Waals surface area contributed by atoms with Crippen LogP contribution in [0.4, 0.5) is 0 Å². The van der Waals surface area contributed by atoms with E-state index in [2.05, 4.69) is 0 Å². The van der Waals surface area contributed by atoms with Crippen LogP contribution in [0.1, 0.15) is 37.9 Å². The lowest BCUT2D eigenvalue weighted by molar-refractivity contribution is -0.136. The number of allylic oxidation sites excluding steroid dienone is 1. The van der Waals surface area contributed by atoms with Crippen LogP contribution in [0.15, 0.2) is 92.9 Å². The van der Waals surface area contributed by atoms with E-state index >= 15 is 0 Å². The highest BCUT2D eigenvalue weighted by atomic mass is 35.5. The molecule has 8 nitrogen and oxygen atoms in total. The SMILES string of the molecule is COC(=O)C1=C(C)N(CC(C)C)C(=O)/C1=C/c1ccc(CN(Cc2ccc(Cl)cc2)S(=O)(=O)c2ccccc2)o1. The molecule has 0 aliphatic carbocycles. The van der Waals surface area contributed by atoms with Gasteiger partial charge in [0.25, 0.3) is 5.91 Å². The average Bonchev–Trinajstić information content (AvgIpc) is 3.47. The van der Waals surface area contributed by atoms with Crippen LogP contribution in [0.3, 0.4) is 0 Å². The van der Waals surface area contributed by atoms with Crippen molar-refractivity contribution in [3.63, 3.8) is 0 Å². The number of rotatable bonds is 10. The molecular weight excluding hydrogens is 552 g/mol. The van der Waals surface area contributed by atoms with Gasteiger partial charge in [0.05, 0.1) is 29.7 Å². The molecule has 0 fully saturated rings. The molecule has 0 unspecified atom stereocenters. The second-order valence-electron chi connectivity index (χ2n) is 9.84. The van der Waals surface area contributed by atoms with Gasteiger partial charge in [0.1, 0.15) is 11.5 Å². The van der Waals surface area contributed by atoms with Crippen molar-refractivity contribution in [2.24, 2.45) is 5.92 Å². The fraction of sp³-hybridized carbons (Fsp3) is 0.267. The molecule has 2 aromatic carbocycles. The van der Waals surface area contributed by atoms with Gasteiger partial charge in [-0.25, -0.2) is 13.2 Å². The number of carbonyl (C=O) groups is 2. The summed E-state index contributed by atoms with van der Waals surface area (Å²) in [7, 11) is -2.62. The Kier molecular flexibility index (Phi) is 8.98. The molecule has 2 heterocycles. The van der Waals surface area contributed by atoms with Crippen LogP contribution in [0.2, 0.25) is 5.02 Å². The molecule has 1 aliphatic heterocycles. The van der Waals surface area contributed by atoms with Gasteiger partial charge in [-0.05, 0) is 60.9 Å². The van der Waals surface area contributed by atoms with E-state index in [0.29, 0.717) is 28.8 Å². The van der Waals surface area contributed by atoms with Gasteiger partial charge in [-0.2, -0.15) is 4.31 Å². The van der Waals surface area contributed by atoms with Crippen molar-refractivity contribution in [1.82, 2.24) is 9.21 Å². The van der Waals surface area contributed by atoms with Crippen molar-refractivity contribution in [3.8, 4) is 0 Å². The quantitative estimate of drug-likeness (QED) is 0.226. The summed E-state index contributed by atoms with van der Waals surface area (Å²) < 4.78 is 39.4. The number of furan rings is 1. The summed E-state index contributed by atoms with van der Waals surface area (Å²) >= 11 is 6.02. The van der Waals surface area contributed by atoms with Gasteiger partial charge in [0.15, 0.2) is 0 Å². The molecule has 3 aromatic rings. The van der Waals surface area contributed by atoms with Gasteiger partial charge in [0.2, 0.25) is 10.0 Å². The number of carbonyl (C=O) groups excluding carboxylic acids is 2. The Balaban J connectivity index is 1.66. The summed E-state index contributed by atoms with van der Waals surface area (Å²) in [6, 6.07) is 18.4. The van der Waals surface area contributed by atoms with Crippen LogP contribution in [-0.4, -0.2) is 43.2 Å². The Labute approximate surface area is 239 Å². The zero-order valence-electron chi connectivity index (χ0n) is 22.8. The number of esters is 1. The molecule has 1 aliphatic rings. The number of sulfonamides is 1. The van der Waals surface area contributed by atoms with E-state index in [1.54, 1.807) is 78.6 Å². The summed E-state index contributed by atoms with van der Waals surface area (Å²) in [5.41, 5.74) is 1.62. The average molecular weight is 583 g/mol. The fourth-order valence-electron chi connectivity index (χ4n) is 4.45. The normalized spacial score (nSPS) is 15.1. The number of methoxy groups -OCH3 is 1. The van der Waals surface area contributed by atoms with Crippen LogP contribution in [-0.2, 0) is 37.4 Å². The van der Waals surface area contributed by atoms with Gasteiger partial charge >= 0.3 is 5.97 Å². The molecule has 10 heteroatoms. The maximum atomic E-state index is 13.6. The molecule has 0 spiro atoms. The standard InChI is InChI=1S/C30H31ClN2O6S/c1-20(2)17-33-21(3)28(30(35)38-4)27(29(33)34)16-24-14-15-25(39-24)19-32(18-22-10-12-23(31)13-11-22)40(36,37)26-8-6-5-7-9-26/h5-16,20H,17-19H2,1-4H3/b27-16+. The predicted octanol–water partition coefficient (Wildman–Crippen LogP) is 5.65. The van der Waals surface area contributed by atoms with E-state index in [-0.39, 0.29) is 41.0 Å². The smallest absolute Gasteiger partial charge is 0.340 e. The Hall–Kier alpha value is -3.66. The van der Waals surface area contributed by atoms with E-state index < -0.39 is 16.0 Å².